The first-order chi connectivity index (χ1) is 8.33. The summed E-state index contributed by atoms with van der Waals surface area (Å²) in [4.78, 5) is 0. The van der Waals surface area contributed by atoms with Crippen molar-refractivity contribution in [1.29, 1.82) is 0 Å². The van der Waals surface area contributed by atoms with E-state index in [1.54, 1.807) is 0 Å². The minimum Gasteiger partial charge on any atom is -0.487 e. The highest BCUT2D eigenvalue weighted by molar-refractivity contribution is 5.36. The Labute approximate surface area is 99.9 Å². The lowest BCUT2D eigenvalue weighted by atomic mass is 10.1. The lowest BCUT2D eigenvalue weighted by Gasteiger charge is -2.27. The van der Waals surface area contributed by atoms with Gasteiger partial charge in [-0.3, -0.25) is 0 Å². The number of halogens is 1. The molecule has 0 saturated carbocycles. The molecular formula is C13H16FNO2. The van der Waals surface area contributed by atoms with Crippen LogP contribution in [-0.2, 0) is 18.0 Å². The molecule has 0 bridgehead atoms. The molecule has 1 N–H and O–H groups in total. The molecule has 0 spiro atoms. The molecule has 2 aliphatic rings. The van der Waals surface area contributed by atoms with Crippen LogP contribution in [-0.4, -0.2) is 25.4 Å². The standard InChI is InChI=1S/C13H16FNO2/c14-12-6-15-4-3-13(12)17-11-2-1-9-7-16-8-10(9)5-11/h1-2,5,12-13,15H,3-4,6-8H2/t12-,13-/m1/s1. The summed E-state index contributed by atoms with van der Waals surface area (Å²) in [6.07, 6.45) is -0.528. The maximum Gasteiger partial charge on any atom is 0.149 e. The first kappa shape index (κ1) is 11.0. The molecule has 1 aromatic carbocycles. The van der Waals surface area contributed by atoms with Crippen LogP contribution in [0.15, 0.2) is 18.2 Å². The molecule has 1 saturated heterocycles. The number of piperidine rings is 1. The number of benzene rings is 1. The van der Waals surface area contributed by atoms with Crippen molar-refractivity contribution in [3.8, 4) is 5.75 Å². The molecule has 0 unspecified atom stereocenters. The van der Waals surface area contributed by atoms with E-state index in [4.69, 9.17) is 9.47 Å². The average Bonchev–Trinajstić information content (AvgIpc) is 2.79. The van der Waals surface area contributed by atoms with Gasteiger partial charge >= 0.3 is 0 Å². The normalized spacial score (nSPS) is 27.8. The number of hydrogen-bond donors (Lipinski definition) is 1. The summed E-state index contributed by atoms with van der Waals surface area (Å²) in [7, 11) is 0. The fraction of sp³-hybridized carbons (Fsp3) is 0.538. The summed E-state index contributed by atoms with van der Waals surface area (Å²) in [5.74, 6) is 0.754. The zero-order valence-electron chi connectivity index (χ0n) is 9.62. The van der Waals surface area contributed by atoms with Gasteiger partial charge in [0.1, 0.15) is 18.0 Å². The monoisotopic (exact) mass is 237 g/mol. The highest BCUT2D eigenvalue weighted by Gasteiger charge is 2.26. The first-order valence-corrected chi connectivity index (χ1v) is 6.04. The first-order valence-electron chi connectivity index (χ1n) is 6.04. The van der Waals surface area contributed by atoms with E-state index in [0.29, 0.717) is 19.8 Å². The van der Waals surface area contributed by atoms with Crippen LogP contribution in [0.3, 0.4) is 0 Å². The van der Waals surface area contributed by atoms with E-state index < -0.39 is 6.17 Å². The van der Waals surface area contributed by atoms with Gasteiger partial charge in [-0.1, -0.05) is 6.07 Å². The molecule has 3 rings (SSSR count). The van der Waals surface area contributed by atoms with Crippen molar-refractivity contribution in [3.63, 3.8) is 0 Å². The zero-order valence-corrected chi connectivity index (χ0v) is 9.62. The SMILES string of the molecule is F[C@@H]1CNCC[C@H]1Oc1ccc2c(c1)COC2. The molecule has 0 amide bonds. The molecule has 1 aromatic rings. The van der Waals surface area contributed by atoms with Gasteiger partial charge in [0.15, 0.2) is 0 Å². The van der Waals surface area contributed by atoms with Gasteiger partial charge in [-0.25, -0.2) is 4.39 Å². The van der Waals surface area contributed by atoms with Gasteiger partial charge < -0.3 is 14.8 Å². The minimum atomic E-state index is -0.923. The van der Waals surface area contributed by atoms with E-state index in [9.17, 15) is 4.39 Å². The Morgan fingerprint density at radius 3 is 3.06 bits per heavy atom. The Balaban J connectivity index is 1.72. The third-order valence-corrected chi connectivity index (χ3v) is 3.33. The van der Waals surface area contributed by atoms with E-state index in [0.717, 1.165) is 24.3 Å². The molecule has 0 aromatic heterocycles. The molecule has 2 heterocycles. The van der Waals surface area contributed by atoms with E-state index in [-0.39, 0.29) is 6.10 Å². The maximum atomic E-state index is 13.6. The molecule has 3 nitrogen and oxygen atoms in total. The number of ether oxygens (including phenoxy) is 2. The largest absolute Gasteiger partial charge is 0.487 e. The molecule has 1 fully saturated rings. The van der Waals surface area contributed by atoms with E-state index in [1.807, 2.05) is 18.2 Å². The van der Waals surface area contributed by atoms with Gasteiger partial charge in [0.25, 0.3) is 0 Å². The predicted octanol–water partition coefficient (Wildman–Crippen LogP) is 1.80. The van der Waals surface area contributed by atoms with Crippen LogP contribution in [0.4, 0.5) is 4.39 Å². The van der Waals surface area contributed by atoms with E-state index in [1.165, 1.54) is 5.56 Å². The van der Waals surface area contributed by atoms with E-state index >= 15 is 0 Å². The second-order valence-electron chi connectivity index (χ2n) is 4.59. The average molecular weight is 237 g/mol. The van der Waals surface area contributed by atoms with Gasteiger partial charge in [0.2, 0.25) is 0 Å². The Kier molecular flexibility index (Phi) is 2.99. The molecule has 2 aliphatic heterocycles. The van der Waals surface area contributed by atoms with Gasteiger partial charge in [-0.15, -0.1) is 0 Å². The molecule has 0 aliphatic carbocycles. The van der Waals surface area contributed by atoms with Gasteiger partial charge in [-0.2, -0.15) is 0 Å². The van der Waals surface area contributed by atoms with Crippen LogP contribution in [0.1, 0.15) is 17.5 Å². The van der Waals surface area contributed by atoms with Crippen molar-refractivity contribution in [3.05, 3.63) is 29.3 Å². The number of fused-ring (bicyclic) bond motifs is 1. The van der Waals surface area contributed by atoms with Crippen molar-refractivity contribution >= 4 is 0 Å². The minimum absolute atomic E-state index is 0.323. The molecule has 17 heavy (non-hydrogen) atoms. The lowest BCUT2D eigenvalue weighted by molar-refractivity contribution is 0.0730. The second-order valence-corrected chi connectivity index (χ2v) is 4.59. The van der Waals surface area contributed by atoms with Crippen LogP contribution in [0, 0.1) is 0 Å². The summed E-state index contributed by atoms with van der Waals surface area (Å²) in [5.41, 5.74) is 2.37. The quantitative estimate of drug-likeness (QED) is 0.850. The number of nitrogens with one attached hydrogen (secondary N) is 1. The summed E-state index contributed by atoms with van der Waals surface area (Å²) >= 11 is 0. The van der Waals surface area contributed by atoms with Crippen molar-refractivity contribution < 1.29 is 13.9 Å². The van der Waals surface area contributed by atoms with Crippen LogP contribution >= 0.6 is 0 Å². The van der Waals surface area contributed by atoms with Gasteiger partial charge in [-0.05, 0) is 36.2 Å². The molecule has 92 valence electrons. The van der Waals surface area contributed by atoms with Gasteiger partial charge in [0.05, 0.1) is 13.2 Å². The Morgan fingerprint density at radius 1 is 1.29 bits per heavy atom. The highest BCUT2D eigenvalue weighted by atomic mass is 19.1. The van der Waals surface area contributed by atoms with Crippen LogP contribution in [0.2, 0.25) is 0 Å². The van der Waals surface area contributed by atoms with E-state index in [2.05, 4.69) is 5.32 Å². The fourth-order valence-corrected chi connectivity index (χ4v) is 2.33. The van der Waals surface area contributed by atoms with Crippen molar-refractivity contribution in [2.45, 2.75) is 31.9 Å². The fourth-order valence-electron chi connectivity index (χ4n) is 2.33. The van der Waals surface area contributed by atoms with Crippen LogP contribution < -0.4 is 10.1 Å². The Morgan fingerprint density at radius 2 is 2.18 bits per heavy atom. The van der Waals surface area contributed by atoms with Crippen LogP contribution in [0.5, 0.6) is 5.75 Å². The highest BCUT2D eigenvalue weighted by Crippen LogP contribution is 2.26. The molecular weight excluding hydrogens is 221 g/mol. The topological polar surface area (TPSA) is 30.5 Å². The summed E-state index contributed by atoms with van der Waals surface area (Å²) < 4.78 is 24.7. The van der Waals surface area contributed by atoms with Gasteiger partial charge in [0, 0.05) is 6.54 Å². The summed E-state index contributed by atoms with van der Waals surface area (Å²) in [5, 5.41) is 3.02. The molecule has 2 atom stereocenters. The third-order valence-electron chi connectivity index (χ3n) is 3.33. The predicted molar refractivity (Wildman–Crippen MR) is 61.7 cm³/mol. The van der Waals surface area contributed by atoms with Crippen molar-refractivity contribution in [1.82, 2.24) is 5.32 Å². The third kappa shape index (κ3) is 2.28. The number of rotatable bonds is 2. The second kappa shape index (κ2) is 4.63. The Bertz CT molecular complexity index is 410. The summed E-state index contributed by atoms with van der Waals surface area (Å²) in [6, 6.07) is 5.88. The smallest absolute Gasteiger partial charge is 0.149 e. The number of hydrogen-bond acceptors (Lipinski definition) is 3. The Hall–Kier alpha value is -1.13. The van der Waals surface area contributed by atoms with Crippen molar-refractivity contribution in [2.75, 3.05) is 13.1 Å². The molecule has 4 heteroatoms. The lowest BCUT2D eigenvalue weighted by Crippen LogP contribution is -2.44. The number of alkyl halides is 1. The molecule has 0 radical (unpaired) electrons. The van der Waals surface area contributed by atoms with Crippen molar-refractivity contribution in [2.24, 2.45) is 0 Å². The zero-order chi connectivity index (χ0) is 11.7. The van der Waals surface area contributed by atoms with Crippen LogP contribution in [0.25, 0.3) is 0 Å². The summed E-state index contributed by atoms with van der Waals surface area (Å²) in [6.45, 7) is 2.52. The maximum absolute atomic E-state index is 13.6.